The average Bonchev–Trinajstić information content (AvgIpc) is 2.68. The monoisotopic (exact) mass is 367 g/mol. The predicted octanol–water partition coefficient (Wildman–Crippen LogP) is 4.23. The van der Waals surface area contributed by atoms with Gasteiger partial charge in [0.2, 0.25) is 0 Å². The molecule has 2 aromatic rings. The van der Waals surface area contributed by atoms with Crippen LogP contribution in [0, 0.1) is 0 Å². The maximum Gasteiger partial charge on any atom is 0.331 e. The van der Waals surface area contributed by atoms with Crippen LogP contribution >= 0.6 is 0 Å². The Morgan fingerprint density at radius 3 is 2.30 bits per heavy atom. The molecular formula is C22H25NO4. The maximum absolute atomic E-state index is 12.1. The molecule has 0 radical (unpaired) electrons. The first kappa shape index (κ1) is 20.2. The normalized spacial score (nSPS) is 11.8. The molecular weight excluding hydrogens is 342 g/mol. The summed E-state index contributed by atoms with van der Waals surface area (Å²) >= 11 is 0. The van der Waals surface area contributed by atoms with Gasteiger partial charge in [0.05, 0.1) is 6.61 Å². The molecule has 1 amide bonds. The van der Waals surface area contributed by atoms with Crippen LogP contribution in [0.4, 0.5) is 5.69 Å². The van der Waals surface area contributed by atoms with E-state index in [1.165, 1.54) is 11.6 Å². The molecule has 0 bridgehead atoms. The molecule has 2 rings (SSSR count). The molecule has 0 heterocycles. The first-order chi connectivity index (χ1) is 13.0. The van der Waals surface area contributed by atoms with Gasteiger partial charge >= 0.3 is 5.97 Å². The topological polar surface area (TPSA) is 64.6 Å². The Balaban J connectivity index is 1.85. The Kier molecular flexibility index (Phi) is 7.62. The van der Waals surface area contributed by atoms with Crippen molar-refractivity contribution in [3.8, 4) is 5.75 Å². The minimum Gasteiger partial charge on any atom is -0.494 e. The summed E-state index contributed by atoms with van der Waals surface area (Å²) in [6.07, 6.45) is 2.97. The summed E-state index contributed by atoms with van der Waals surface area (Å²) in [4.78, 5) is 24.1. The summed E-state index contributed by atoms with van der Waals surface area (Å²) < 4.78 is 10.5. The lowest BCUT2D eigenvalue weighted by Crippen LogP contribution is -2.29. The van der Waals surface area contributed by atoms with Crippen molar-refractivity contribution in [3.63, 3.8) is 0 Å². The molecule has 0 aliphatic rings. The molecule has 0 fully saturated rings. The Morgan fingerprint density at radius 1 is 1.04 bits per heavy atom. The van der Waals surface area contributed by atoms with E-state index in [9.17, 15) is 9.59 Å². The molecule has 0 spiro atoms. The number of aryl methyl sites for hydroxylation is 1. The summed E-state index contributed by atoms with van der Waals surface area (Å²) in [7, 11) is 0. The SMILES string of the molecule is CCOc1ccc(/C=C/C(=O)O[C@@H](C)C(=O)Nc2ccc(CC)cc2)cc1. The fraction of sp³-hybridized carbons (Fsp3) is 0.273. The van der Waals surface area contributed by atoms with Crippen LogP contribution in [0.15, 0.2) is 54.6 Å². The summed E-state index contributed by atoms with van der Waals surface area (Å²) in [5.74, 6) is -0.176. The first-order valence-corrected chi connectivity index (χ1v) is 9.03. The van der Waals surface area contributed by atoms with Crippen molar-refractivity contribution in [2.45, 2.75) is 33.3 Å². The van der Waals surface area contributed by atoms with Crippen molar-refractivity contribution < 1.29 is 19.1 Å². The number of ether oxygens (including phenoxy) is 2. The van der Waals surface area contributed by atoms with Crippen LogP contribution in [0.5, 0.6) is 5.75 Å². The Labute approximate surface area is 160 Å². The number of nitrogens with one attached hydrogen (secondary N) is 1. The highest BCUT2D eigenvalue weighted by Gasteiger charge is 2.16. The molecule has 5 nitrogen and oxygen atoms in total. The van der Waals surface area contributed by atoms with Gasteiger partial charge in [-0.15, -0.1) is 0 Å². The van der Waals surface area contributed by atoms with Gasteiger partial charge in [0.1, 0.15) is 5.75 Å². The fourth-order valence-electron chi connectivity index (χ4n) is 2.34. The average molecular weight is 367 g/mol. The minimum absolute atomic E-state index is 0.373. The number of carbonyl (C=O) groups excluding carboxylic acids is 2. The van der Waals surface area contributed by atoms with Crippen LogP contribution in [0.25, 0.3) is 6.08 Å². The lowest BCUT2D eigenvalue weighted by molar-refractivity contribution is -0.148. The van der Waals surface area contributed by atoms with Gasteiger partial charge in [-0.05, 0) is 61.7 Å². The molecule has 0 saturated carbocycles. The maximum atomic E-state index is 12.1. The van der Waals surface area contributed by atoms with Crippen LogP contribution < -0.4 is 10.1 Å². The second-order valence-electron chi connectivity index (χ2n) is 5.95. The highest BCUT2D eigenvalue weighted by molar-refractivity contribution is 5.96. The number of anilines is 1. The summed E-state index contributed by atoms with van der Waals surface area (Å²) in [5.41, 5.74) is 2.69. The third-order valence-corrected chi connectivity index (χ3v) is 3.89. The van der Waals surface area contributed by atoms with E-state index in [4.69, 9.17) is 9.47 Å². The highest BCUT2D eigenvalue weighted by Crippen LogP contribution is 2.13. The number of esters is 1. The quantitative estimate of drug-likeness (QED) is 0.560. The van der Waals surface area contributed by atoms with E-state index in [-0.39, 0.29) is 5.91 Å². The molecule has 1 atom stereocenters. The number of rotatable bonds is 8. The van der Waals surface area contributed by atoms with Crippen molar-refractivity contribution in [2.24, 2.45) is 0 Å². The van der Waals surface area contributed by atoms with Gasteiger partial charge in [0.25, 0.3) is 5.91 Å². The lowest BCUT2D eigenvalue weighted by Gasteiger charge is -2.12. The van der Waals surface area contributed by atoms with Gasteiger partial charge < -0.3 is 14.8 Å². The number of hydrogen-bond donors (Lipinski definition) is 1. The van der Waals surface area contributed by atoms with Gasteiger partial charge in [-0.3, -0.25) is 4.79 Å². The number of carbonyl (C=O) groups is 2. The Morgan fingerprint density at radius 2 is 1.70 bits per heavy atom. The number of amides is 1. The second kappa shape index (κ2) is 10.2. The van der Waals surface area contributed by atoms with E-state index in [0.717, 1.165) is 17.7 Å². The lowest BCUT2D eigenvalue weighted by atomic mass is 10.1. The number of benzene rings is 2. The third-order valence-electron chi connectivity index (χ3n) is 3.89. The summed E-state index contributed by atoms with van der Waals surface area (Å²) in [6, 6.07) is 14.9. The Bertz CT molecular complexity index is 779. The molecule has 0 aliphatic heterocycles. The molecule has 27 heavy (non-hydrogen) atoms. The standard InChI is InChI=1S/C22H25NO4/c1-4-17-6-11-19(12-7-17)23-22(25)16(3)27-21(24)15-10-18-8-13-20(14-9-18)26-5-2/h6-16H,4-5H2,1-3H3,(H,23,25)/b15-10+/t16-/m0/s1. The van der Waals surface area contributed by atoms with Crippen LogP contribution in [0.1, 0.15) is 31.9 Å². The van der Waals surface area contributed by atoms with Crippen LogP contribution in [0.3, 0.4) is 0 Å². The van der Waals surface area contributed by atoms with E-state index >= 15 is 0 Å². The number of hydrogen-bond acceptors (Lipinski definition) is 4. The minimum atomic E-state index is -0.895. The second-order valence-corrected chi connectivity index (χ2v) is 5.95. The van der Waals surface area contributed by atoms with Gasteiger partial charge in [0.15, 0.2) is 6.10 Å². The third kappa shape index (κ3) is 6.62. The fourth-order valence-corrected chi connectivity index (χ4v) is 2.34. The van der Waals surface area contributed by atoms with Crippen LogP contribution in [0.2, 0.25) is 0 Å². The van der Waals surface area contributed by atoms with E-state index in [2.05, 4.69) is 12.2 Å². The molecule has 0 aromatic heterocycles. The molecule has 1 N–H and O–H groups in total. The molecule has 0 unspecified atom stereocenters. The van der Waals surface area contributed by atoms with E-state index in [1.54, 1.807) is 13.0 Å². The van der Waals surface area contributed by atoms with Crippen LogP contribution in [-0.4, -0.2) is 24.6 Å². The van der Waals surface area contributed by atoms with Gasteiger partial charge in [-0.25, -0.2) is 4.79 Å². The van der Waals surface area contributed by atoms with E-state index in [0.29, 0.717) is 12.3 Å². The summed E-state index contributed by atoms with van der Waals surface area (Å²) in [6.45, 7) is 6.12. The highest BCUT2D eigenvalue weighted by atomic mass is 16.5. The molecule has 142 valence electrons. The van der Waals surface area contributed by atoms with Crippen molar-refractivity contribution >= 4 is 23.6 Å². The first-order valence-electron chi connectivity index (χ1n) is 9.03. The van der Waals surface area contributed by atoms with Gasteiger partial charge in [0, 0.05) is 11.8 Å². The summed E-state index contributed by atoms with van der Waals surface area (Å²) in [5, 5.41) is 2.74. The molecule has 2 aromatic carbocycles. The van der Waals surface area contributed by atoms with E-state index in [1.807, 2.05) is 55.5 Å². The largest absolute Gasteiger partial charge is 0.494 e. The zero-order chi connectivity index (χ0) is 19.6. The molecule has 0 saturated heterocycles. The van der Waals surface area contributed by atoms with Crippen molar-refractivity contribution in [3.05, 3.63) is 65.7 Å². The van der Waals surface area contributed by atoms with E-state index < -0.39 is 12.1 Å². The van der Waals surface area contributed by atoms with Crippen LogP contribution in [-0.2, 0) is 20.7 Å². The van der Waals surface area contributed by atoms with Gasteiger partial charge in [-0.1, -0.05) is 31.2 Å². The molecule has 0 aliphatic carbocycles. The van der Waals surface area contributed by atoms with Gasteiger partial charge in [-0.2, -0.15) is 0 Å². The van der Waals surface area contributed by atoms with Crippen molar-refractivity contribution in [1.82, 2.24) is 0 Å². The Hall–Kier alpha value is -3.08. The predicted molar refractivity (Wildman–Crippen MR) is 107 cm³/mol. The molecule has 5 heteroatoms. The zero-order valence-electron chi connectivity index (χ0n) is 15.9. The van der Waals surface area contributed by atoms with Crippen molar-refractivity contribution in [2.75, 3.05) is 11.9 Å². The zero-order valence-corrected chi connectivity index (χ0v) is 15.9. The van der Waals surface area contributed by atoms with Crippen molar-refractivity contribution in [1.29, 1.82) is 0 Å². The smallest absolute Gasteiger partial charge is 0.331 e.